The number of ether oxygens (including phenoxy) is 3. The molecule has 3 aliphatic rings. The van der Waals surface area contributed by atoms with Crippen LogP contribution in [0.2, 0.25) is 0 Å². The second kappa shape index (κ2) is 9.44. The fraction of sp³-hybridized carbons (Fsp3) is 0.640. The number of carbonyl (C=O) groups is 3. The highest BCUT2D eigenvalue weighted by Crippen LogP contribution is 2.60. The van der Waals surface area contributed by atoms with Crippen LogP contribution >= 0.6 is 0 Å². The van der Waals surface area contributed by atoms with Crippen LogP contribution in [0.3, 0.4) is 0 Å². The molecule has 2 N–H and O–H groups in total. The lowest BCUT2D eigenvalue weighted by Crippen LogP contribution is -2.42. The van der Waals surface area contributed by atoms with E-state index in [0.717, 1.165) is 25.9 Å². The first-order chi connectivity index (χ1) is 16.1. The first-order valence-corrected chi connectivity index (χ1v) is 11.9. The molecule has 3 atom stereocenters. The highest BCUT2D eigenvalue weighted by molar-refractivity contribution is 5.97. The topological polar surface area (TPSA) is 106 Å². The lowest BCUT2D eigenvalue weighted by Gasteiger charge is -2.33. The number of fused-ring (bicyclic) bond motifs is 1. The molecule has 2 amide bonds. The predicted molar refractivity (Wildman–Crippen MR) is 127 cm³/mol. The molecule has 1 aromatic carbocycles. The van der Waals surface area contributed by atoms with Gasteiger partial charge in [0.2, 0.25) is 5.91 Å². The monoisotopic (exact) mass is 473 g/mol. The standard InChI is InChI=1S/C25H35N3O6/c1-24(2,3)34-23(31)28-9-8-25(12-17(25)15-28)13-21(29)27-19-6-5-16(22(30)32-4)11-20(19)26-14-18-7-10-33-18/h5-6,11,17-18,26H,7-10,12-15H2,1-4H3,(H,27,29)/t17-,18+,25-/m1/s1. The number of benzene rings is 1. The summed E-state index contributed by atoms with van der Waals surface area (Å²) in [5.41, 5.74) is 1.12. The van der Waals surface area contributed by atoms with Crippen LogP contribution < -0.4 is 10.6 Å². The van der Waals surface area contributed by atoms with Crippen molar-refractivity contribution >= 4 is 29.3 Å². The zero-order valence-corrected chi connectivity index (χ0v) is 20.4. The van der Waals surface area contributed by atoms with Gasteiger partial charge < -0.3 is 29.7 Å². The van der Waals surface area contributed by atoms with Crippen molar-refractivity contribution < 1.29 is 28.6 Å². The van der Waals surface area contributed by atoms with Crippen molar-refractivity contribution in [1.82, 2.24) is 4.90 Å². The minimum Gasteiger partial charge on any atom is -0.465 e. The van der Waals surface area contributed by atoms with Gasteiger partial charge in [-0.2, -0.15) is 0 Å². The summed E-state index contributed by atoms with van der Waals surface area (Å²) >= 11 is 0. The predicted octanol–water partition coefficient (Wildman–Crippen LogP) is 3.65. The van der Waals surface area contributed by atoms with Gasteiger partial charge in [-0.25, -0.2) is 9.59 Å². The molecule has 186 valence electrons. The normalized spacial score (nSPS) is 25.5. The summed E-state index contributed by atoms with van der Waals surface area (Å²) in [6, 6.07) is 5.06. The van der Waals surface area contributed by atoms with Gasteiger partial charge in [-0.05, 0) is 69.6 Å². The highest BCUT2D eigenvalue weighted by Gasteiger charge is 2.58. The summed E-state index contributed by atoms with van der Waals surface area (Å²) in [4.78, 5) is 39.1. The van der Waals surface area contributed by atoms with Gasteiger partial charge in [0.25, 0.3) is 0 Å². The van der Waals surface area contributed by atoms with Crippen molar-refractivity contribution in [2.45, 2.75) is 58.2 Å². The lowest BCUT2D eigenvalue weighted by molar-refractivity contribution is -0.117. The van der Waals surface area contributed by atoms with Gasteiger partial charge in [0, 0.05) is 32.7 Å². The lowest BCUT2D eigenvalue weighted by atomic mass is 9.91. The fourth-order valence-corrected chi connectivity index (χ4v) is 4.74. The number of piperidine rings is 1. The maximum atomic E-state index is 13.0. The number of likely N-dealkylation sites (tertiary alicyclic amines) is 1. The molecule has 0 unspecified atom stereocenters. The largest absolute Gasteiger partial charge is 0.465 e. The molecular formula is C25H35N3O6. The van der Waals surface area contributed by atoms with Crippen molar-refractivity contribution in [1.29, 1.82) is 0 Å². The molecule has 0 bridgehead atoms. The van der Waals surface area contributed by atoms with Gasteiger partial charge >= 0.3 is 12.1 Å². The smallest absolute Gasteiger partial charge is 0.410 e. The molecule has 9 heteroatoms. The summed E-state index contributed by atoms with van der Waals surface area (Å²) in [7, 11) is 1.34. The Morgan fingerprint density at radius 2 is 2.00 bits per heavy atom. The average molecular weight is 474 g/mol. The molecule has 0 radical (unpaired) electrons. The molecule has 9 nitrogen and oxygen atoms in total. The van der Waals surface area contributed by atoms with Crippen LogP contribution in [0.1, 0.15) is 56.8 Å². The number of nitrogens with one attached hydrogen (secondary N) is 2. The van der Waals surface area contributed by atoms with E-state index in [-0.39, 0.29) is 23.5 Å². The summed E-state index contributed by atoms with van der Waals surface area (Å²) in [5.74, 6) is -0.186. The Balaban J connectivity index is 1.36. The Labute approximate surface area is 200 Å². The molecule has 1 aromatic rings. The second-order valence-corrected chi connectivity index (χ2v) is 10.6. The van der Waals surface area contributed by atoms with Crippen LogP contribution in [0, 0.1) is 11.3 Å². The zero-order chi connectivity index (χ0) is 24.5. The maximum absolute atomic E-state index is 13.0. The van der Waals surface area contributed by atoms with Crippen molar-refractivity contribution in [2.24, 2.45) is 11.3 Å². The third-order valence-electron chi connectivity index (χ3n) is 6.87. The van der Waals surface area contributed by atoms with Gasteiger partial charge in [0.15, 0.2) is 0 Å². The van der Waals surface area contributed by atoms with Crippen LogP contribution in [-0.4, -0.2) is 67.9 Å². The van der Waals surface area contributed by atoms with Crippen molar-refractivity contribution in [3.05, 3.63) is 23.8 Å². The Bertz CT molecular complexity index is 954. The Morgan fingerprint density at radius 3 is 2.62 bits per heavy atom. The van der Waals surface area contributed by atoms with E-state index >= 15 is 0 Å². The van der Waals surface area contributed by atoms with E-state index < -0.39 is 11.6 Å². The zero-order valence-electron chi connectivity index (χ0n) is 20.4. The molecule has 2 saturated heterocycles. The molecule has 0 spiro atoms. The van der Waals surface area contributed by atoms with E-state index in [1.807, 2.05) is 20.8 Å². The molecule has 1 aliphatic carbocycles. The summed E-state index contributed by atoms with van der Waals surface area (Å²) in [6.07, 6.45) is 2.96. The number of amides is 2. The molecule has 2 aliphatic heterocycles. The van der Waals surface area contributed by atoms with E-state index in [1.54, 1.807) is 23.1 Å². The Morgan fingerprint density at radius 1 is 1.24 bits per heavy atom. The van der Waals surface area contributed by atoms with E-state index in [4.69, 9.17) is 14.2 Å². The number of carbonyl (C=O) groups excluding carboxylic acids is 3. The van der Waals surface area contributed by atoms with Crippen LogP contribution in [0.15, 0.2) is 18.2 Å². The molecule has 3 fully saturated rings. The first kappa shape index (κ1) is 24.3. The summed E-state index contributed by atoms with van der Waals surface area (Å²) in [6.45, 7) is 8.17. The minimum absolute atomic E-state index is 0.0537. The quantitative estimate of drug-likeness (QED) is 0.582. The fourth-order valence-electron chi connectivity index (χ4n) is 4.74. The maximum Gasteiger partial charge on any atom is 0.410 e. The third kappa shape index (κ3) is 5.63. The minimum atomic E-state index is -0.519. The first-order valence-electron chi connectivity index (χ1n) is 11.9. The van der Waals surface area contributed by atoms with Gasteiger partial charge in [0.05, 0.1) is 30.2 Å². The Kier molecular flexibility index (Phi) is 6.75. The molecule has 2 heterocycles. The van der Waals surface area contributed by atoms with E-state index in [9.17, 15) is 14.4 Å². The van der Waals surface area contributed by atoms with Gasteiger partial charge in [-0.1, -0.05) is 0 Å². The number of esters is 1. The SMILES string of the molecule is COC(=O)c1ccc(NC(=O)C[C@]23CCN(C(=O)OC(C)(C)C)C[C@H]2C3)c(NC[C@@H]2CCO2)c1. The molecule has 0 aromatic heterocycles. The summed E-state index contributed by atoms with van der Waals surface area (Å²) in [5, 5.41) is 6.31. The van der Waals surface area contributed by atoms with Crippen molar-refractivity contribution in [3.63, 3.8) is 0 Å². The third-order valence-corrected chi connectivity index (χ3v) is 6.87. The van der Waals surface area contributed by atoms with Crippen LogP contribution in [-0.2, 0) is 19.0 Å². The highest BCUT2D eigenvalue weighted by atomic mass is 16.6. The van der Waals surface area contributed by atoms with Gasteiger partial charge in [0.1, 0.15) is 5.60 Å². The number of nitrogens with zero attached hydrogens (tertiary/aromatic N) is 1. The van der Waals surface area contributed by atoms with Crippen LogP contribution in [0.4, 0.5) is 16.2 Å². The van der Waals surface area contributed by atoms with Crippen molar-refractivity contribution in [2.75, 3.05) is 44.0 Å². The van der Waals surface area contributed by atoms with Crippen LogP contribution in [0.25, 0.3) is 0 Å². The van der Waals surface area contributed by atoms with E-state index in [1.165, 1.54) is 7.11 Å². The number of methoxy groups -OCH3 is 1. The van der Waals surface area contributed by atoms with E-state index in [0.29, 0.717) is 48.9 Å². The molecular weight excluding hydrogens is 438 g/mol. The second-order valence-electron chi connectivity index (χ2n) is 10.6. The number of anilines is 2. The Hall–Kier alpha value is -2.81. The van der Waals surface area contributed by atoms with Crippen LogP contribution in [0.5, 0.6) is 0 Å². The number of hydrogen-bond acceptors (Lipinski definition) is 7. The molecule has 4 rings (SSSR count). The molecule has 1 saturated carbocycles. The number of hydrogen-bond donors (Lipinski definition) is 2. The van der Waals surface area contributed by atoms with Crippen molar-refractivity contribution in [3.8, 4) is 0 Å². The van der Waals surface area contributed by atoms with Gasteiger partial charge in [-0.15, -0.1) is 0 Å². The molecule has 34 heavy (non-hydrogen) atoms. The summed E-state index contributed by atoms with van der Waals surface area (Å²) < 4.78 is 15.8. The van der Waals surface area contributed by atoms with E-state index in [2.05, 4.69) is 10.6 Å². The average Bonchev–Trinajstić information content (AvgIpc) is 3.44. The number of rotatable bonds is 7. The van der Waals surface area contributed by atoms with Gasteiger partial charge in [-0.3, -0.25) is 4.79 Å².